The van der Waals surface area contributed by atoms with Crippen LogP contribution in [0.2, 0.25) is 50.5 Å². The fourth-order valence-corrected chi connectivity index (χ4v) is 15.0. The molecule has 2 unspecified atom stereocenters. The van der Waals surface area contributed by atoms with Gasteiger partial charge in [0.25, 0.3) is 0 Å². The van der Waals surface area contributed by atoms with Crippen LogP contribution in [0.25, 0.3) is 0 Å². The van der Waals surface area contributed by atoms with Crippen LogP contribution in [0.5, 0.6) is 0 Å². The van der Waals surface area contributed by atoms with Crippen LogP contribution in [0, 0.1) is 0 Å². The Hall–Kier alpha value is 0.611. The highest BCUT2D eigenvalue weighted by molar-refractivity contribution is 6.89. The molecule has 110 valence electrons. The molecule has 0 amide bonds. The highest BCUT2D eigenvalue weighted by atomic mass is 28.4. The second kappa shape index (κ2) is 6.37. The van der Waals surface area contributed by atoms with Gasteiger partial charge in [0.15, 0.2) is 8.32 Å². The smallest absolute Gasteiger partial charge is 0.189 e. The standard InChI is InChI=1S/C14H36OSi3/c1-11-13(17(6,7)8)15-18(9,10)14(3,12-2)16(4)5/h13,16H,11-12H2,1-10H3. The van der Waals surface area contributed by atoms with E-state index in [1.165, 1.54) is 12.8 Å². The Bertz CT molecular complexity index is 258. The van der Waals surface area contributed by atoms with Crippen molar-refractivity contribution < 1.29 is 4.43 Å². The minimum absolute atomic E-state index is 0.514. The molecule has 2 atom stereocenters. The molecule has 0 rings (SSSR count). The van der Waals surface area contributed by atoms with Gasteiger partial charge in [0.1, 0.15) is 0 Å². The average Bonchev–Trinajstić information content (AvgIpc) is 2.22. The van der Waals surface area contributed by atoms with Crippen molar-refractivity contribution >= 4 is 25.2 Å². The molecule has 0 heterocycles. The fourth-order valence-electron chi connectivity index (χ4n) is 2.89. The van der Waals surface area contributed by atoms with E-state index < -0.39 is 25.2 Å². The van der Waals surface area contributed by atoms with Crippen LogP contribution in [0.3, 0.4) is 0 Å². The largest absolute Gasteiger partial charge is 0.417 e. The molecule has 0 aromatic heterocycles. The lowest BCUT2D eigenvalue weighted by atomic mass is 10.3. The Morgan fingerprint density at radius 1 is 1.06 bits per heavy atom. The summed E-state index contributed by atoms with van der Waals surface area (Å²) in [5.74, 6) is 0. The van der Waals surface area contributed by atoms with Crippen LogP contribution in [0.4, 0.5) is 0 Å². The van der Waals surface area contributed by atoms with Crippen LogP contribution >= 0.6 is 0 Å². The van der Waals surface area contributed by atoms with E-state index in [1.807, 2.05) is 0 Å². The van der Waals surface area contributed by atoms with E-state index in [-0.39, 0.29) is 0 Å². The van der Waals surface area contributed by atoms with E-state index in [4.69, 9.17) is 4.43 Å². The van der Waals surface area contributed by atoms with Gasteiger partial charge in [-0.2, -0.15) is 0 Å². The zero-order chi connectivity index (χ0) is 14.8. The zero-order valence-electron chi connectivity index (χ0n) is 14.5. The normalized spacial score (nSPS) is 18.8. The molecule has 0 aromatic carbocycles. The Balaban J connectivity index is 5.14. The van der Waals surface area contributed by atoms with Crippen LogP contribution < -0.4 is 0 Å². The first-order chi connectivity index (χ1) is 7.92. The molecule has 0 saturated heterocycles. The molecule has 0 bridgehead atoms. The van der Waals surface area contributed by atoms with Crippen molar-refractivity contribution in [2.45, 2.75) is 89.8 Å². The summed E-state index contributed by atoms with van der Waals surface area (Å²) in [7, 11) is -3.51. The predicted octanol–water partition coefficient (Wildman–Crippen LogP) is 5.06. The molecule has 0 spiro atoms. The molecule has 0 aromatic rings. The minimum Gasteiger partial charge on any atom is -0.417 e. The van der Waals surface area contributed by atoms with Crippen molar-refractivity contribution in [1.29, 1.82) is 0 Å². The Morgan fingerprint density at radius 3 is 1.72 bits per heavy atom. The Kier molecular flexibility index (Phi) is 6.59. The summed E-state index contributed by atoms with van der Waals surface area (Å²) >= 11 is 0. The third kappa shape index (κ3) is 4.05. The third-order valence-corrected chi connectivity index (χ3v) is 18.6. The third-order valence-electron chi connectivity index (χ3n) is 5.16. The molecule has 0 aliphatic carbocycles. The first-order valence-corrected chi connectivity index (χ1v) is 17.0. The second-order valence-electron chi connectivity index (χ2n) is 7.82. The van der Waals surface area contributed by atoms with E-state index in [0.29, 0.717) is 10.4 Å². The molecule has 0 aliphatic rings. The SMILES string of the molecule is CCC(O[Si](C)(C)C(C)(CC)[SiH](C)C)[Si](C)(C)C. The first kappa shape index (κ1) is 18.6. The van der Waals surface area contributed by atoms with Gasteiger partial charge in [-0.3, -0.25) is 0 Å². The average molecular weight is 305 g/mol. The highest BCUT2D eigenvalue weighted by Gasteiger charge is 2.48. The second-order valence-corrected chi connectivity index (χ2v) is 21.8. The van der Waals surface area contributed by atoms with E-state index >= 15 is 0 Å². The maximum Gasteiger partial charge on any atom is 0.189 e. The van der Waals surface area contributed by atoms with Crippen molar-refractivity contribution in [3.8, 4) is 0 Å². The first-order valence-electron chi connectivity index (χ1n) is 7.60. The highest BCUT2D eigenvalue weighted by Crippen LogP contribution is 2.45. The maximum atomic E-state index is 6.80. The van der Waals surface area contributed by atoms with Crippen molar-refractivity contribution in [1.82, 2.24) is 0 Å². The number of hydrogen-bond acceptors (Lipinski definition) is 1. The summed E-state index contributed by atoms with van der Waals surface area (Å²) in [5.41, 5.74) is 0.540. The Morgan fingerprint density at radius 2 is 1.50 bits per heavy atom. The number of rotatable bonds is 7. The van der Waals surface area contributed by atoms with E-state index in [1.54, 1.807) is 0 Å². The predicted molar refractivity (Wildman–Crippen MR) is 93.5 cm³/mol. The van der Waals surface area contributed by atoms with Crippen molar-refractivity contribution in [2.75, 3.05) is 0 Å². The summed E-state index contributed by atoms with van der Waals surface area (Å²) in [6.45, 7) is 24.4. The molecule has 0 radical (unpaired) electrons. The molecule has 0 saturated carbocycles. The summed E-state index contributed by atoms with van der Waals surface area (Å²) in [5, 5.41) is 0. The van der Waals surface area contributed by atoms with Gasteiger partial charge in [-0.25, -0.2) is 0 Å². The zero-order valence-corrected chi connectivity index (χ0v) is 17.6. The molecule has 0 aliphatic heterocycles. The van der Waals surface area contributed by atoms with Crippen molar-refractivity contribution in [2.24, 2.45) is 0 Å². The quantitative estimate of drug-likeness (QED) is 0.597. The molecule has 1 nitrogen and oxygen atoms in total. The van der Waals surface area contributed by atoms with Gasteiger partial charge in [0.05, 0.1) is 8.07 Å². The number of hydrogen-bond donors (Lipinski definition) is 0. The van der Waals surface area contributed by atoms with Gasteiger partial charge in [-0.1, -0.05) is 59.9 Å². The van der Waals surface area contributed by atoms with Gasteiger partial charge in [-0.15, -0.1) is 0 Å². The summed E-state index contributed by atoms with van der Waals surface area (Å²) in [6, 6.07) is 0. The lowest BCUT2D eigenvalue weighted by Gasteiger charge is -2.48. The van der Waals surface area contributed by atoms with Crippen molar-refractivity contribution in [3.63, 3.8) is 0 Å². The van der Waals surface area contributed by atoms with E-state index in [9.17, 15) is 0 Å². The van der Waals surface area contributed by atoms with Gasteiger partial charge in [0, 0.05) is 14.5 Å². The van der Waals surface area contributed by atoms with E-state index in [0.717, 1.165) is 0 Å². The summed E-state index contributed by atoms with van der Waals surface area (Å²) < 4.78 is 7.32. The topological polar surface area (TPSA) is 9.23 Å². The molecular weight excluding hydrogens is 268 g/mol. The van der Waals surface area contributed by atoms with Crippen LogP contribution in [0.15, 0.2) is 0 Å². The van der Waals surface area contributed by atoms with Gasteiger partial charge >= 0.3 is 0 Å². The van der Waals surface area contributed by atoms with Gasteiger partial charge in [-0.05, 0) is 24.2 Å². The van der Waals surface area contributed by atoms with Crippen molar-refractivity contribution in [3.05, 3.63) is 0 Å². The summed E-state index contributed by atoms with van der Waals surface area (Å²) in [4.78, 5) is 0. The molecule has 0 N–H and O–H groups in total. The lowest BCUT2D eigenvalue weighted by molar-refractivity contribution is 0.243. The summed E-state index contributed by atoms with van der Waals surface area (Å²) in [6.07, 6.45) is 2.48. The van der Waals surface area contributed by atoms with Gasteiger partial charge < -0.3 is 4.43 Å². The monoisotopic (exact) mass is 304 g/mol. The van der Waals surface area contributed by atoms with Crippen LogP contribution in [-0.2, 0) is 4.43 Å². The van der Waals surface area contributed by atoms with Crippen LogP contribution in [0.1, 0.15) is 33.6 Å². The van der Waals surface area contributed by atoms with Gasteiger partial charge in [0.2, 0.25) is 0 Å². The maximum absolute atomic E-state index is 6.80. The minimum atomic E-state index is -1.62. The molecule has 0 fully saturated rings. The fraction of sp³-hybridized carbons (Fsp3) is 1.00. The molecule has 18 heavy (non-hydrogen) atoms. The van der Waals surface area contributed by atoms with Crippen LogP contribution in [-0.4, -0.2) is 30.9 Å². The molecular formula is C14H36OSi3. The Labute approximate surface area is 119 Å². The molecule has 4 heteroatoms. The lowest BCUT2D eigenvalue weighted by Crippen LogP contribution is -2.55. The van der Waals surface area contributed by atoms with E-state index in [2.05, 4.69) is 66.6 Å².